The largest absolute Gasteiger partial charge is 0.317 e. The van der Waals surface area contributed by atoms with Crippen LogP contribution in [-0.2, 0) is 0 Å². The van der Waals surface area contributed by atoms with Crippen molar-refractivity contribution in [1.29, 1.82) is 0 Å². The Labute approximate surface area is 114 Å². The van der Waals surface area contributed by atoms with Crippen LogP contribution in [0.4, 0.5) is 0 Å². The van der Waals surface area contributed by atoms with Crippen LogP contribution >= 0.6 is 11.8 Å². The van der Waals surface area contributed by atoms with Crippen molar-refractivity contribution in [3.05, 3.63) is 17.0 Å². The number of piperidine rings is 1. The molecule has 1 aromatic heterocycles. The maximum Gasteiger partial charge on any atom is 0.0631 e. The van der Waals surface area contributed by atoms with E-state index in [1.165, 1.54) is 42.2 Å². The van der Waals surface area contributed by atoms with Crippen LogP contribution in [0.3, 0.4) is 0 Å². The van der Waals surface area contributed by atoms with E-state index in [-0.39, 0.29) is 0 Å². The Bertz CT molecular complexity index is 415. The normalized spacial score (nSPS) is 25.8. The molecule has 1 atom stereocenters. The van der Waals surface area contributed by atoms with Gasteiger partial charge in [0.2, 0.25) is 0 Å². The lowest BCUT2D eigenvalue weighted by atomic mass is 9.89. The Balaban J connectivity index is 1.89. The highest BCUT2D eigenvalue weighted by molar-refractivity contribution is 7.99. The molecule has 2 aliphatic rings. The van der Waals surface area contributed by atoms with E-state index in [4.69, 9.17) is 5.10 Å². The molecule has 0 spiro atoms. The Kier molecular flexibility index (Phi) is 3.66. The number of nitrogens with zero attached hydrogens (tertiary/aromatic N) is 2. The van der Waals surface area contributed by atoms with Crippen LogP contribution in [0.1, 0.15) is 48.2 Å². The Hall–Kier alpha value is -0.480. The van der Waals surface area contributed by atoms with Gasteiger partial charge in [-0.05, 0) is 63.4 Å². The second-order valence-corrected chi connectivity index (χ2v) is 6.72. The van der Waals surface area contributed by atoms with Gasteiger partial charge in [0, 0.05) is 11.4 Å². The third kappa shape index (κ3) is 2.21. The second kappa shape index (κ2) is 5.25. The van der Waals surface area contributed by atoms with Crippen LogP contribution in [0, 0.1) is 13.8 Å². The fourth-order valence-electron chi connectivity index (χ4n) is 3.45. The molecular weight excluding hydrogens is 242 g/mol. The molecule has 3 heterocycles. The van der Waals surface area contributed by atoms with Crippen molar-refractivity contribution in [2.45, 2.75) is 45.1 Å². The average molecular weight is 265 g/mol. The number of nitrogens with one attached hydrogen (secondary N) is 1. The lowest BCUT2D eigenvalue weighted by Gasteiger charge is -2.23. The number of aromatic nitrogens is 2. The standard InChI is InChI=1S/C14H23N3S/c1-10-14(12-3-6-15-7-4-12)11(2)17(16-10)13-5-8-18-9-13/h12-13,15H,3-9H2,1-2H3. The van der Waals surface area contributed by atoms with Crippen LogP contribution in [0.5, 0.6) is 0 Å². The maximum atomic E-state index is 4.85. The molecule has 3 rings (SSSR count). The summed E-state index contributed by atoms with van der Waals surface area (Å²) in [6.45, 7) is 6.80. The van der Waals surface area contributed by atoms with Crippen LogP contribution < -0.4 is 5.32 Å². The summed E-state index contributed by atoms with van der Waals surface area (Å²) >= 11 is 2.07. The fraction of sp³-hybridized carbons (Fsp3) is 0.786. The van der Waals surface area contributed by atoms with Gasteiger partial charge in [-0.2, -0.15) is 16.9 Å². The van der Waals surface area contributed by atoms with Gasteiger partial charge in [-0.3, -0.25) is 4.68 Å². The van der Waals surface area contributed by atoms with E-state index in [0.717, 1.165) is 19.0 Å². The Morgan fingerprint density at radius 3 is 2.67 bits per heavy atom. The summed E-state index contributed by atoms with van der Waals surface area (Å²) in [4.78, 5) is 0. The summed E-state index contributed by atoms with van der Waals surface area (Å²) in [5.41, 5.74) is 4.26. The molecule has 3 nitrogen and oxygen atoms in total. The number of hydrogen-bond donors (Lipinski definition) is 1. The number of aryl methyl sites for hydroxylation is 1. The average Bonchev–Trinajstić information content (AvgIpc) is 2.99. The Morgan fingerprint density at radius 1 is 1.22 bits per heavy atom. The van der Waals surface area contributed by atoms with Crippen molar-refractivity contribution in [2.75, 3.05) is 24.6 Å². The van der Waals surface area contributed by atoms with Gasteiger partial charge in [-0.1, -0.05) is 0 Å². The first-order chi connectivity index (χ1) is 8.77. The predicted octanol–water partition coefficient (Wildman–Crippen LogP) is 2.64. The first-order valence-corrected chi connectivity index (χ1v) is 8.27. The SMILES string of the molecule is Cc1nn(C2CCSC2)c(C)c1C1CCNCC1. The lowest BCUT2D eigenvalue weighted by Crippen LogP contribution is -2.27. The molecule has 0 amide bonds. The molecule has 2 saturated heterocycles. The van der Waals surface area contributed by atoms with E-state index in [1.54, 1.807) is 5.56 Å². The zero-order valence-electron chi connectivity index (χ0n) is 11.4. The van der Waals surface area contributed by atoms with Gasteiger partial charge in [-0.15, -0.1) is 0 Å². The predicted molar refractivity (Wildman–Crippen MR) is 77.5 cm³/mol. The molecular formula is C14H23N3S. The van der Waals surface area contributed by atoms with Crippen molar-refractivity contribution in [2.24, 2.45) is 0 Å². The van der Waals surface area contributed by atoms with Gasteiger partial charge < -0.3 is 5.32 Å². The molecule has 0 saturated carbocycles. The summed E-state index contributed by atoms with van der Waals surface area (Å²) in [6, 6.07) is 0.643. The summed E-state index contributed by atoms with van der Waals surface area (Å²) in [5.74, 6) is 3.27. The van der Waals surface area contributed by atoms with E-state index in [0.29, 0.717) is 6.04 Å². The summed E-state index contributed by atoms with van der Waals surface area (Å²) in [6.07, 6.45) is 3.83. The van der Waals surface area contributed by atoms with Gasteiger partial charge in [-0.25, -0.2) is 0 Å². The minimum atomic E-state index is 0.643. The van der Waals surface area contributed by atoms with E-state index < -0.39 is 0 Å². The van der Waals surface area contributed by atoms with E-state index >= 15 is 0 Å². The summed E-state index contributed by atoms with van der Waals surface area (Å²) in [7, 11) is 0. The highest BCUT2D eigenvalue weighted by Crippen LogP contribution is 2.34. The monoisotopic (exact) mass is 265 g/mol. The first-order valence-electron chi connectivity index (χ1n) is 7.11. The summed E-state index contributed by atoms with van der Waals surface area (Å²) < 4.78 is 2.33. The second-order valence-electron chi connectivity index (χ2n) is 5.57. The van der Waals surface area contributed by atoms with E-state index in [1.807, 2.05) is 0 Å². The zero-order chi connectivity index (χ0) is 12.5. The van der Waals surface area contributed by atoms with Crippen LogP contribution in [0.15, 0.2) is 0 Å². The van der Waals surface area contributed by atoms with Gasteiger partial charge in [0.05, 0.1) is 11.7 Å². The van der Waals surface area contributed by atoms with E-state index in [9.17, 15) is 0 Å². The van der Waals surface area contributed by atoms with Crippen molar-refractivity contribution in [3.63, 3.8) is 0 Å². The molecule has 0 radical (unpaired) electrons. The Morgan fingerprint density at radius 2 is 2.00 bits per heavy atom. The third-order valence-electron chi connectivity index (χ3n) is 4.38. The molecule has 18 heavy (non-hydrogen) atoms. The minimum Gasteiger partial charge on any atom is -0.317 e. The molecule has 4 heteroatoms. The molecule has 1 unspecified atom stereocenters. The van der Waals surface area contributed by atoms with Crippen molar-refractivity contribution < 1.29 is 0 Å². The van der Waals surface area contributed by atoms with Gasteiger partial charge in [0.15, 0.2) is 0 Å². The van der Waals surface area contributed by atoms with E-state index in [2.05, 4.69) is 35.6 Å². The summed E-state index contributed by atoms with van der Waals surface area (Å²) in [5, 5.41) is 8.31. The molecule has 0 bridgehead atoms. The van der Waals surface area contributed by atoms with Gasteiger partial charge in [0.25, 0.3) is 0 Å². The van der Waals surface area contributed by atoms with Gasteiger partial charge >= 0.3 is 0 Å². The van der Waals surface area contributed by atoms with Crippen LogP contribution in [0.2, 0.25) is 0 Å². The maximum absolute atomic E-state index is 4.85. The van der Waals surface area contributed by atoms with Crippen molar-refractivity contribution >= 4 is 11.8 Å². The van der Waals surface area contributed by atoms with Crippen molar-refractivity contribution in [1.82, 2.24) is 15.1 Å². The van der Waals surface area contributed by atoms with Crippen LogP contribution in [-0.4, -0.2) is 34.4 Å². The zero-order valence-corrected chi connectivity index (χ0v) is 12.2. The number of rotatable bonds is 2. The highest BCUT2D eigenvalue weighted by atomic mass is 32.2. The number of thioether (sulfide) groups is 1. The molecule has 0 aliphatic carbocycles. The van der Waals surface area contributed by atoms with Gasteiger partial charge in [0.1, 0.15) is 0 Å². The molecule has 2 fully saturated rings. The number of hydrogen-bond acceptors (Lipinski definition) is 3. The smallest absolute Gasteiger partial charge is 0.0631 e. The third-order valence-corrected chi connectivity index (χ3v) is 5.52. The molecule has 2 aliphatic heterocycles. The van der Waals surface area contributed by atoms with Crippen molar-refractivity contribution in [3.8, 4) is 0 Å². The highest BCUT2D eigenvalue weighted by Gasteiger charge is 2.26. The molecule has 1 aromatic rings. The minimum absolute atomic E-state index is 0.643. The molecule has 100 valence electrons. The fourth-order valence-corrected chi connectivity index (χ4v) is 4.63. The lowest BCUT2D eigenvalue weighted by molar-refractivity contribution is 0.454. The molecule has 1 N–H and O–H groups in total. The first kappa shape index (κ1) is 12.5. The molecule has 0 aromatic carbocycles. The topological polar surface area (TPSA) is 29.9 Å². The van der Waals surface area contributed by atoms with Crippen LogP contribution in [0.25, 0.3) is 0 Å². The quantitative estimate of drug-likeness (QED) is 0.891.